The number of hydrogen-bond acceptors (Lipinski definition) is 0. The molecule has 8 atom stereocenters. The van der Waals surface area contributed by atoms with Crippen LogP contribution in [0.1, 0.15) is 118 Å². The van der Waals surface area contributed by atoms with Crippen molar-refractivity contribution in [1.82, 2.24) is 0 Å². The van der Waals surface area contributed by atoms with Gasteiger partial charge >= 0.3 is 0 Å². The van der Waals surface area contributed by atoms with Crippen LogP contribution in [0.4, 0.5) is 0 Å². The summed E-state index contributed by atoms with van der Waals surface area (Å²) in [6.07, 6.45) is 19.9. The molecule has 0 nitrogen and oxygen atoms in total. The van der Waals surface area contributed by atoms with Gasteiger partial charge < -0.3 is 0 Å². The first-order valence-corrected chi connectivity index (χ1v) is 12.9. The summed E-state index contributed by atoms with van der Waals surface area (Å²) in [5, 5.41) is 0. The molecule has 0 heterocycles. The van der Waals surface area contributed by atoms with Gasteiger partial charge in [-0.25, -0.2) is 0 Å². The Morgan fingerprint density at radius 3 is 2.30 bits per heavy atom. The largest absolute Gasteiger partial charge is 0.0628 e. The van der Waals surface area contributed by atoms with Crippen LogP contribution < -0.4 is 0 Å². The molecule has 0 heteroatoms. The Labute approximate surface area is 170 Å². The van der Waals surface area contributed by atoms with Crippen LogP contribution in [0, 0.1) is 52.3 Å². The number of hydrogen-bond donors (Lipinski definition) is 0. The van der Waals surface area contributed by atoms with Crippen molar-refractivity contribution >= 4 is 0 Å². The lowest BCUT2D eigenvalue weighted by Crippen LogP contribution is -2.53. The standard InChI is InChI=1S/C27H48/c1-19(2)9-8-10-20(3)23-14-15-24-22-13-12-21-11-6-7-17-26(21,4)25(22)16-18-27(23,24)5/h19-25H,6-18H2,1-5H3/t20?,21-,22+,23-,24+,25+,26+,27-/m1/s1. The molecular weight excluding hydrogens is 324 g/mol. The van der Waals surface area contributed by atoms with Crippen LogP contribution in [0.2, 0.25) is 0 Å². The van der Waals surface area contributed by atoms with Crippen molar-refractivity contribution in [3.63, 3.8) is 0 Å². The molecule has 4 saturated carbocycles. The fraction of sp³-hybridized carbons (Fsp3) is 1.00. The highest BCUT2D eigenvalue weighted by molar-refractivity contribution is 5.09. The van der Waals surface area contributed by atoms with E-state index in [1.807, 2.05) is 0 Å². The van der Waals surface area contributed by atoms with Crippen molar-refractivity contribution in [2.24, 2.45) is 52.3 Å². The van der Waals surface area contributed by atoms with Gasteiger partial charge in [0.05, 0.1) is 0 Å². The van der Waals surface area contributed by atoms with E-state index in [0.717, 1.165) is 41.4 Å². The van der Waals surface area contributed by atoms with E-state index in [1.165, 1.54) is 32.1 Å². The molecule has 4 aliphatic rings. The van der Waals surface area contributed by atoms with Crippen LogP contribution >= 0.6 is 0 Å². The Morgan fingerprint density at radius 2 is 1.52 bits per heavy atom. The Hall–Kier alpha value is 0. The molecule has 0 bridgehead atoms. The van der Waals surface area contributed by atoms with Crippen molar-refractivity contribution in [2.75, 3.05) is 0 Å². The highest BCUT2D eigenvalue weighted by Crippen LogP contribution is 2.68. The van der Waals surface area contributed by atoms with Crippen molar-refractivity contribution in [2.45, 2.75) is 118 Å². The molecule has 0 amide bonds. The summed E-state index contributed by atoms with van der Waals surface area (Å²) < 4.78 is 0. The van der Waals surface area contributed by atoms with E-state index >= 15 is 0 Å². The second-order valence-electron chi connectivity index (χ2n) is 12.4. The molecule has 0 spiro atoms. The van der Waals surface area contributed by atoms with E-state index in [2.05, 4.69) is 34.6 Å². The highest BCUT2D eigenvalue weighted by Gasteiger charge is 2.59. The lowest BCUT2D eigenvalue weighted by molar-refractivity contribution is -0.114. The minimum atomic E-state index is 0.677. The summed E-state index contributed by atoms with van der Waals surface area (Å²) in [5.74, 6) is 7.15. The summed E-state index contributed by atoms with van der Waals surface area (Å²) in [4.78, 5) is 0. The fourth-order valence-corrected chi connectivity index (χ4v) is 9.32. The highest BCUT2D eigenvalue weighted by atomic mass is 14.6. The molecule has 0 aromatic carbocycles. The third-order valence-corrected chi connectivity index (χ3v) is 10.8. The molecular formula is C27H48. The molecule has 0 aromatic heterocycles. The monoisotopic (exact) mass is 372 g/mol. The molecule has 0 saturated heterocycles. The van der Waals surface area contributed by atoms with Gasteiger partial charge in [-0.3, -0.25) is 0 Å². The first-order chi connectivity index (χ1) is 12.9. The summed E-state index contributed by atoms with van der Waals surface area (Å²) in [6.45, 7) is 12.9. The van der Waals surface area contributed by atoms with Gasteiger partial charge in [0.25, 0.3) is 0 Å². The molecule has 4 aliphatic carbocycles. The Kier molecular flexibility index (Phi) is 5.77. The second kappa shape index (κ2) is 7.68. The molecule has 0 aromatic rings. The van der Waals surface area contributed by atoms with E-state index in [4.69, 9.17) is 0 Å². The molecule has 27 heavy (non-hydrogen) atoms. The summed E-state index contributed by atoms with van der Waals surface area (Å²) in [7, 11) is 0. The van der Waals surface area contributed by atoms with Gasteiger partial charge in [0.1, 0.15) is 0 Å². The van der Waals surface area contributed by atoms with Gasteiger partial charge in [-0.15, -0.1) is 0 Å². The maximum Gasteiger partial charge on any atom is -0.0264 e. The van der Waals surface area contributed by atoms with Gasteiger partial charge in [-0.1, -0.05) is 66.7 Å². The SMILES string of the molecule is CC(C)CCCC(C)[C@H]1CC[C@H]2[C@@H]3CC[C@H]4CCCC[C@]4(C)[C@H]3CC[C@]12C. The zero-order chi connectivity index (χ0) is 19.2. The summed E-state index contributed by atoms with van der Waals surface area (Å²) >= 11 is 0. The summed E-state index contributed by atoms with van der Waals surface area (Å²) in [6, 6.07) is 0. The minimum absolute atomic E-state index is 0.677. The Bertz CT molecular complexity index is 506. The van der Waals surface area contributed by atoms with Gasteiger partial charge in [0.2, 0.25) is 0 Å². The minimum Gasteiger partial charge on any atom is -0.0628 e. The molecule has 0 aliphatic heterocycles. The quantitative estimate of drug-likeness (QED) is 0.453. The van der Waals surface area contributed by atoms with E-state index in [9.17, 15) is 0 Å². The predicted octanol–water partition coefficient (Wildman–Crippen LogP) is 8.50. The van der Waals surface area contributed by atoms with Crippen LogP contribution in [0.15, 0.2) is 0 Å². The zero-order valence-electron chi connectivity index (χ0n) is 19.2. The van der Waals surface area contributed by atoms with E-state index < -0.39 is 0 Å². The second-order valence-corrected chi connectivity index (χ2v) is 12.4. The summed E-state index contributed by atoms with van der Waals surface area (Å²) in [5.41, 5.74) is 1.39. The van der Waals surface area contributed by atoms with E-state index in [1.54, 1.807) is 51.4 Å². The third kappa shape index (κ3) is 3.44. The molecule has 4 fully saturated rings. The lowest BCUT2D eigenvalue weighted by atomic mass is 9.44. The van der Waals surface area contributed by atoms with Crippen molar-refractivity contribution in [3.05, 3.63) is 0 Å². The van der Waals surface area contributed by atoms with Gasteiger partial charge in [0.15, 0.2) is 0 Å². The molecule has 0 N–H and O–H groups in total. The fourth-order valence-electron chi connectivity index (χ4n) is 9.32. The Balaban J connectivity index is 1.46. The van der Waals surface area contributed by atoms with Crippen LogP contribution in [-0.4, -0.2) is 0 Å². The predicted molar refractivity (Wildman–Crippen MR) is 118 cm³/mol. The van der Waals surface area contributed by atoms with Crippen LogP contribution in [0.25, 0.3) is 0 Å². The first kappa shape index (κ1) is 20.3. The lowest BCUT2D eigenvalue weighted by Gasteiger charge is -2.61. The normalized spacial score (nSPS) is 48.0. The molecule has 0 radical (unpaired) electrons. The smallest absolute Gasteiger partial charge is 0.0264 e. The molecule has 156 valence electrons. The molecule has 1 unspecified atom stereocenters. The van der Waals surface area contributed by atoms with Crippen molar-refractivity contribution in [3.8, 4) is 0 Å². The maximum atomic E-state index is 2.75. The third-order valence-electron chi connectivity index (χ3n) is 10.8. The average molecular weight is 373 g/mol. The van der Waals surface area contributed by atoms with Crippen LogP contribution in [0.3, 0.4) is 0 Å². The molecule has 4 rings (SSSR count). The Morgan fingerprint density at radius 1 is 0.741 bits per heavy atom. The van der Waals surface area contributed by atoms with E-state index in [-0.39, 0.29) is 0 Å². The topological polar surface area (TPSA) is 0 Å². The number of rotatable bonds is 5. The number of fused-ring (bicyclic) bond motifs is 5. The van der Waals surface area contributed by atoms with Gasteiger partial charge in [-0.2, -0.15) is 0 Å². The van der Waals surface area contributed by atoms with Gasteiger partial charge in [-0.05, 0) is 104 Å². The van der Waals surface area contributed by atoms with Gasteiger partial charge in [0, 0.05) is 0 Å². The zero-order valence-corrected chi connectivity index (χ0v) is 19.2. The first-order valence-electron chi connectivity index (χ1n) is 12.9. The van der Waals surface area contributed by atoms with E-state index in [0.29, 0.717) is 10.8 Å². The average Bonchev–Trinajstić information content (AvgIpc) is 2.98. The van der Waals surface area contributed by atoms with Crippen molar-refractivity contribution in [1.29, 1.82) is 0 Å². The van der Waals surface area contributed by atoms with Crippen molar-refractivity contribution < 1.29 is 0 Å². The van der Waals surface area contributed by atoms with Crippen LogP contribution in [0.5, 0.6) is 0 Å². The maximum absolute atomic E-state index is 2.75. The van der Waals surface area contributed by atoms with Crippen LogP contribution in [-0.2, 0) is 0 Å².